The summed E-state index contributed by atoms with van der Waals surface area (Å²) in [6, 6.07) is 14.9. The molecule has 29 heavy (non-hydrogen) atoms. The number of carbonyl (C=O) groups is 2. The molecule has 2 aliphatic heterocycles. The quantitative estimate of drug-likeness (QED) is 0.717. The highest BCUT2D eigenvalue weighted by atomic mass is 35.5. The highest BCUT2D eigenvalue weighted by molar-refractivity contribution is 5.98. The summed E-state index contributed by atoms with van der Waals surface area (Å²) in [5, 5.41) is 9.32. The molecule has 1 saturated heterocycles. The number of rotatable bonds is 4. The first kappa shape index (κ1) is 21.1. The lowest BCUT2D eigenvalue weighted by Gasteiger charge is -2.30. The SMILES string of the molecule is CC1CNCCC1NC(=O)c1cccc(NC(=O)C2Cc3ccccc3O2)c1.Cl. The fourth-order valence-electron chi connectivity index (χ4n) is 3.77. The molecule has 2 heterocycles. The molecule has 2 amide bonds. The molecule has 3 atom stereocenters. The lowest BCUT2D eigenvalue weighted by Crippen LogP contribution is -2.48. The van der Waals surface area contributed by atoms with Crippen molar-refractivity contribution in [2.75, 3.05) is 18.4 Å². The molecule has 2 aromatic rings. The summed E-state index contributed by atoms with van der Waals surface area (Å²) in [5.41, 5.74) is 2.17. The molecule has 4 rings (SSSR count). The van der Waals surface area contributed by atoms with E-state index in [1.54, 1.807) is 24.3 Å². The Kier molecular flexibility index (Phi) is 6.77. The fourth-order valence-corrected chi connectivity index (χ4v) is 3.77. The van der Waals surface area contributed by atoms with Crippen molar-refractivity contribution in [3.05, 3.63) is 59.7 Å². The van der Waals surface area contributed by atoms with Crippen LogP contribution >= 0.6 is 12.4 Å². The van der Waals surface area contributed by atoms with Gasteiger partial charge in [0.15, 0.2) is 6.10 Å². The third-order valence-corrected chi connectivity index (χ3v) is 5.43. The van der Waals surface area contributed by atoms with Crippen LogP contribution < -0.4 is 20.7 Å². The van der Waals surface area contributed by atoms with Gasteiger partial charge in [-0.1, -0.05) is 31.2 Å². The maximum atomic E-state index is 12.6. The number of nitrogens with one attached hydrogen (secondary N) is 3. The molecule has 2 aromatic carbocycles. The highest BCUT2D eigenvalue weighted by Crippen LogP contribution is 2.28. The Hall–Kier alpha value is -2.57. The average molecular weight is 416 g/mol. The van der Waals surface area contributed by atoms with Crippen molar-refractivity contribution in [1.82, 2.24) is 10.6 Å². The predicted molar refractivity (Wildman–Crippen MR) is 115 cm³/mol. The van der Waals surface area contributed by atoms with Crippen molar-refractivity contribution >= 4 is 29.9 Å². The van der Waals surface area contributed by atoms with Crippen molar-refractivity contribution in [1.29, 1.82) is 0 Å². The van der Waals surface area contributed by atoms with Crippen molar-refractivity contribution in [2.45, 2.75) is 31.9 Å². The van der Waals surface area contributed by atoms with Gasteiger partial charge in [-0.3, -0.25) is 9.59 Å². The number of amides is 2. The molecule has 0 aliphatic carbocycles. The van der Waals surface area contributed by atoms with Gasteiger partial charge in [0.25, 0.3) is 11.8 Å². The summed E-state index contributed by atoms with van der Waals surface area (Å²) in [6.07, 6.45) is 0.920. The Morgan fingerprint density at radius 2 is 1.97 bits per heavy atom. The number of benzene rings is 2. The first-order valence-electron chi connectivity index (χ1n) is 9.77. The minimum Gasteiger partial charge on any atom is -0.480 e. The lowest BCUT2D eigenvalue weighted by atomic mass is 9.95. The first-order valence-corrected chi connectivity index (χ1v) is 9.77. The summed E-state index contributed by atoms with van der Waals surface area (Å²) in [4.78, 5) is 25.2. The van der Waals surface area contributed by atoms with E-state index in [-0.39, 0.29) is 30.3 Å². The zero-order valence-electron chi connectivity index (χ0n) is 16.3. The largest absolute Gasteiger partial charge is 0.480 e. The number of piperidine rings is 1. The molecule has 1 fully saturated rings. The second kappa shape index (κ2) is 9.29. The minimum absolute atomic E-state index is 0. The summed E-state index contributed by atoms with van der Waals surface area (Å²) >= 11 is 0. The molecule has 0 spiro atoms. The van der Waals surface area contributed by atoms with Crippen LogP contribution in [0, 0.1) is 5.92 Å². The summed E-state index contributed by atoms with van der Waals surface area (Å²) < 4.78 is 5.73. The number of halogens is 1. The summed E-state index contributed by atoms with van der Waals surface area (Å²) in [5.74, 6) is 0.828. The lowest BCUT2D eigenvalue weighted by molar-refractivity contribution is -0.122. The van der Waals surface area contributed by atoms with Gasteiger partial charge in [0, 0.05) is 23.7 Å². The molecule has 0 bridgehead atoms. The number of fused-ring (bicyclic) bond motifs is 1. The summed E-state index contributed by atoms with van der Waals surface area (Å²) in [6.45, 7) is 3.95. The molecule has 0 saturated carbocycles. The van der Waals surface area contributed by atoms with Gasteiger partial charge in [-0.05, 0) is 55.3 Å². The average Bonchev–Trinajstić information content (AvgIpc) is 3.14. The van der Waals surface area contributed by atoms with E-state index in [1.807, 2.05) is 24.3 Å². The van der Waals surface area contributed by atoms with Gasteiger partial charge in [-0.2, -0.15) is 0 Å². The predicted octanol–water partition coefficient (Wildman–Crippen LogP) is 2.78. The Morgan fingerprint density at radius 3 is 2.76 bits per heavy atom. The standard InChI is InChI=1S/C22H25N3O3.ClH/c1-14-13-23-10-9-18(14)25-21(26)16-6-4-7-17(11-16)24-22(27)20-12-15-5-2-3-8-19(15)28-20;/h2-8,11,14,18,20,23H,9-10,12-13H2,1H3,(H,24,27)(H,25,26);1H. The number of ether oxygens (including phenoxy) is 1. The smallest absolute Gasteiger partial charge is 0.265 e. The van der Waals surface area contributed by atoms with Gasteiger partial charge in [-0.15, -0.1) is 12.4 Å². The third-order valence-electron chi connectivity index (χ3n) is 5.43. The van der Waals surface area contributed by atoms with E-state index in [4.69, 9.17) is 4.74 Å². The van der Waals surface area contributed by atoms with E-state index < -0.39 is 6.10 Å². The number of hydrogen-bond donors (Lipinski definition) is 3. The van der Waals surface area contributed by atoms with Gasteiger partial charge in [-0.25, -0.2) is 0 Å². The molecule has 0 radical (unpaired) electrons. The maximum Gasteiger partial charge on any atom is 0.265 e. The Bertz CT molecular complexity index is 864. The Morgan fingerprint density at radius 1 is 1.14 bits per heavy atom. The zero-order chi connectivity index (χ0) is 19.5. The van der Waals surface area contributed by atoms with Crippen LogP contribution in [0.1, 0.15) is 29.3 Å². The van der Waals surface area contributed by atoms with Crippen LogP contribution in [0.2, 0.25) is 0 Å². The zero-order valence-corrected chi connectivity index (χ0v) is 17.1. The van der Waals surface area contributed by atoms with Gasteiger partial charge in [0.1, 0.15) is 5.75 Å². The van der Waals surface area contributed by atoms with E-state index in [2.05, 4.69) is 22.9 Å². The number of para-hydroxylation sites is 1. The van der Waals surface area contributed by atoms with Crippen LogP contribution in [0.3, 0.4) is 0 Å². The molecule has 3 unspecified atom stereocenters. The van der Waals surface area contributed by atoms with E-state index in [1.165, 1.54) is 0 Å². The molecule has 7 heteroatoms. The van der Waals surface area contributed by atoms with Gasteiger partial charge >= 0.3 is 0 Å². The van der Waals surface area contributed by atoms with Crippen LogP contribution in [0.15, 0.2) is 48.5 Å². The number of anilines is 1. The fraction of sp³-hybridized carbons (Fsp3) is 0.364. The second-order valence-electron chi connectivity index (χ2n) is 7.54. The van der Waals surface area contributed by atoms with E-state index in [0.717, 1.165) is 30.8 Å². The van der Waals surface area contributed by atoms with Crippen molar-refractivity contribution in [2.24, 2.45) is 5.92 Å². The molecular weight excluding hydrogens is 390 g/mol. The molecule has 3 N–H and O–H groups in total. The Balaban J connectivity index is 0.00000240. The van der Waals surface area contributed by atoms with Gasteiger partial charge in [0.05, 0.1) is 0 Å². The topological polar surface area (TPSA) is 79.5 Å². The van der Waals surface area contributed by atoms with E-state index in [0.29, 0.717) is 23.6 Å². The molecule has 0 aromatic heterocycles. The highest BCUT2D eigenvalue weighted by Gasteiger charge is 2.29. The van der Waals surface area contributed by atoms with Crippen LogP contribution in [0.5, 0.6) is 5.75 Å². The Labute approximate surface area is 176 Å². The van der Waals surface area contributed by atoms with E-state index in [9.17, 15) is 9.59 Å². The normalized spacial score (nSPS) is 22.6. The van der Waals surface area contributed by atoms with E-state index >= 15 is 0 Å². The maximum absolute atomic E-state index is 12.6. The van der Waals surface area contributed by atoms with Crippen molar-refractivity contribution < 1.29 is 14.3 Å². The molecule has 2 aliphatic rings. The van der Waals surface area contributed by atoms with Crippen LogP contribution in [-0.4, -0.2) is 37.0 Å². The molecule has 6 nitrogen and oxygen atoms in total. The van der Waals surface area contributed by atoms with Crippen LogP contribution in [0.25, 0.3) is 0 Å². The number of carbonyl (C=O) groups excluding carboxylic acids is 2. The van der Waals surface area contributed by atoms with Crippen molar-refractivity contribution in [3.8, 4) is 5.75 Å². The molecule has 154 valence electrons. The van der Waals surface area contributed by atoms with Crippen LogP contribution in [0.4, 0.5) is 5.69 Å². The molecular formula is C22H26ClN3O3. The number of hydrogen-bond acceptors (Lipinski definition) is 4. The third kappa shape index (κ3) is 4.89. The van der Waals surface area contributed by atoms with Crippen molar-refractivity contribution in [3.63, 3.8) is 0 Å². The van der Waals surface area contributed by atoms with Gasteiger partial charge in [0.2, 0.25) is 0 Å². The summed E-state index contributed by atoms with van der Waals surface area (Å²) in [7, 11) is 0. The minimum atomic E-state index is -0.550. The second-order valence-corrected chi connectivity index (χ2v) is 7.54. The van der Waals surface area contributed by atoms with Crippen LogP contribution in [-0.2, 0) is 11.2 Å². The monoisotopic (exact) mass is 415 g/mol. The van der Waals surface area contributed by atoms with Gasteiger partial charge < -0.3 is 20.7 Å². The first-order chi connectivity index (χ1) is 13.6.